The number of hydrogen-bond acceptors (Lipinski definition) is 3. The summed E-state index contributed by atoms with van der Waals surface area (Å²) in [6.45, 7) is 7.69. The molecule has 0 aromatic heterocycles. The summed E-state index contributed by atoms with van der Waals surface area (Å²) in [5.41, 5.74) is 2.68. The van der Waals surface area contributed by atoms with Gasteiger partial charge in [-0.2, -0.15) is 0 Å². The van der Waals surface area contributed by atoms with Crippen molar-refractivity contribution in [2.45, 2.75) is 32.3 Å². The second-order valence-electron chi connectivity index (χ2n) is 6.38. The quantitative estimate of drug-likeness (QED) is 0.916. The van der Waals surface area contributed by atoms with E-state index in [0.29, 0.717) is 5.92 Å². The summed E-state index contributed by atoms with van der Waals surface area (Å²) in [6.07, 6.45) is 3.37. The number of benzene rings is 1. The minimum Gasteiger partial charge on any atom is -0.393 e. The van der Waals surface area contributed by atoms with Crippen molar-refractivity contribution in [2.75, 3.05) is 37.6 Å². The molecular formula is C17H26N2O. The van der Waals surface area contributed by atoms with Crippen LogP contribution in [0.3, 0.4) is 0 Å². The lowest BCUT2D eigenvalue weighted by atomic mass is 10.0. The Balaban J connectivity index is 1.52. The van der Waals surface area contributed by atoms with Crippen LogP contribution in [-0.2, 0) is 0 Å². The lowest BCUT2D eigenvalue weighted by molar-refractivity contribution is 0.0997. The van der Waals surface area contributed by atoms with Crippen molar-refractivity contribution < 1.29 is 5.11 Å². The Bertz CT molecular complexity index is 440. The lowest BCUT2D eigenvalue weighted by Gasteiger charge is -2.37. The van der Waals surface area contributed by atoms with Crippen LogP contribution in [-0.4, -0.2) is 48.8 Å². The average molecular weight is 274 g/mol. The average Bonchev–Trinajstić information content (AvgIpc) is 2.85. The molecule has 1 aromatic carbocycles. The molecule has 0 amide bonds. The van der Waals surface area contributed by atoms with E-state index in [1.165, 1.54) is 24.1 Å². The maximum absolute atomic E-state index is 9.94. The standard InChI is InChI=1S/C17H26N2O/c1-14-4-2-6-16(12-14)19-10-8-18(9-11-19)13-15-5-3-7-17(15)20/h2,4,6,12,15,17,20H,3,5,7-11,13H2,1H3. The van der Waals surface area contributed by atoms with Crippen molar-refractivity contribution in [3.63, 3.8) is 0 Å². The molecule has 1 aliphatic heterocycles. The van der Waals surface area contributed by atoms with Gasteiger partial charge in [-0.15, -0.1) is 0 Å². The molecule has 2 fully saturated rings. The second kappa shape index (κ2) is 6.15. The zero-order chi connectivity index (χ0) is 13.9. The summed E-state index contributed by atoms with van der Waals surface area (Å²) in [6, 6.07) is 8.78. The number of aliphatic hydroxyl groups excluding tert-OH is 1. The van der Waals surface area contributed by atoms with Crippen molar-refractivity contribution in [2.24, 2.45) is 5.92 Å². The first kappa shape index (κ1) is 13.9. The Morgan fingerprint density at radius 1 is 1.15 bits per heavy atom. The lowest BCUT2D eigenvalue weighted by Crippen LogP contribution is -2.48. The van der Waals surface area contributed by atoms with Crippen molar-refractivity contribution >= 4 is 5.69 Å². The van der Waals surface area contributed by atoms with E-state index in [-0.39, 0.29) is 6.10 Å². The molecular weight excluding hydrogens is 248 g/mol. The van der Waals surface area contributed by atoms with E-state index in [2.05, 4.69) is 41.0 Å². The molecule has 20 heavy (non-hydrogen) atoms. The number of anilines is 1. The van der Waals surface area contributed by atoms with Crippen LogP contribution in [0.5, 0.6) is 0 Å². The predicted molar refractivity (Wildman–Crippen MR) is 83.2 cm³/mol. The highest BCUT2D eigenvalue weighted by molar-refractivity contribution is 5.48. The van der Waals surface area contributed by atoms with E-state index in [0.717, 1.165) is 39.1 Å². The molecule has 1 saturated heterocycles. The van der Waals surface area contributed by atoms with Crippen LogP contribution in [0.15, 0.2) is 24.3 Å². The Morgan fingerprint density at radius 3 is 2.60 bits per heavy atom. The van der Waals surface area contributed by atoms with E-state index in [9.17, 15) is 5.11 Å². The fraction of sp³-hybridized carbons (Fsp3) is 0.647. The molecule has 0 bridgehead atoms. The van der Waals surface area contributed by atoms with Crippen molar-refractivity contribution in [3.05, 3.63) is 29.8 Å². The van der Waals surface area contributed by atoms with E-state index in [1.807, 2.05) is 0 Å². The Labute approximate surface area is 122 Å². The van der Waals surface area contributed by atoms with E-state index >= 15 is 0 Å². The van der Waals surface area contributed by atoms with Gasteiger partial charge in [0.05, 0.1) is 6.10 Å². The number of piperazine rings is 1. The van der Waals surface area contributed by atoms with Crippen LogP contribution in [0.25, 0.3) is 0 Å². The summed E-state index contributed by atoms with van der Waals surface area (Å²) in [5.74, 6) is 0.514. The van der Waals surface area contributed by atoms with Gasteiger partial charge in [-0.05, 0) is 43.4 Å². The number of aryl methyl sites for hydroxylation is 1. The van der Waals surface area contributed by atoms with Crippen LogP contribution in [0.1, 0.15) is 24.8 Å². The third-order valence-corrected chi connectivity index (χ3v) is 4.85. The third kappa shape index (κ3) is 3.15. The number of nitrogens with zero attached hydrogens (tertiary/aromatic N) is 2. The summed E-state index contributed by atoms with van der Waals surface area (Å²) in [4.78, 5) is 5.01. The van der Waals surface area contributed by atoms with Crippen LogP contribution in [0, 0.1) is 12.8 Å². The number of hydrogen-bond donors (Lipinski definition) is 1. The summed E-state index contributed by atoms with van der Waals surface area (Å²) in [7, 11) is 0. The maximum Gasteiger partial charge on any atom is 0.0580 e. The van der Waals surface area contributed by atoms with Gasteiger partial charge in [0.1, 0.15) is 0 Å². The summed E-state index contributed by atoms with van der Waals surface area (Å²) in [5, 5.41) is 9.94. The highest BCUT2D eigenvalue weighted by atomic mass is 16.3. The molecule has 0 spiro atoms. The van der Waals surface area contributed by atoms with Gasteiger partial charge in [0.25, 0.3) is 0 Å². The number of aliphatic hydroxyl groups is 1. The highest BCUT2D eigenvalue weighted by Gasteiger charge is 2.28. The molecule has 110 valence electrons. The fourth-order valence-electron chi connectivity index (χ4n) is 3.58. The van der Waals surface area contributed by atoms with Gasteiger partial charge in [-0.25, -0.2) is 0 Å². The minimum absolute atomic E-state index is 0.0511. The first-order valence-electron chi connectivity index (χ1n) is 7.94. The molecule has 2 aliphatic rings. The third-order valence-electron chi connectivity index (χ3n) is 4.85. The molecule has 1 aliphatic carbocycles. The zero-order valence-electron chi connectivity index (χ0n) is 12.5. The zero-order valence-corrected chi connectivity index (χ0v) is 12.5. The molecule has 1 aromatic rings. The SMILES string of the molecule is Cc1cccc(N2CCN(CC3CCCC3O)CC2)c1. The molecule has 3 heteroatoms. The molecule has 1 N–H and O–H groups in total. The van der Waals surface area contributed by atoms with Crippen LogP contribution in [0.4, 0.5) is 5.69 Å². The maximum atomic E-state index is 9.94. The van der Waals surface area contributed by atoms with Gasteiger partial charge in [-0.3, -0.25) is 4.90 Å². The Hall–Kier alpha value is -1.06. The van der Waals surface area contributed by atoms with Gasteiger partial charge in [0.15, 0.2) is 0 Å². The highest BCUT2D eigenvalue weighted by Crippen LogP contribution is 2.27. The summed E-state index contributed by atoms with van der Waals surface area (Å²) < 4.78 is 0. The normalized spacial score (nSPS) is 28.0. The largest absolute Gasteiger partial charge is 0.393 e. The topological polar surface area (TPSA) is 26.7 Å². The van der Waals surface area contributed by atoms with E-state index in [1.54, 1.807) is 0 Å². The second-order valence-corrected chi connectivity index (χ2v) is 6.38. The molecule has 2 unspecified atom stereocenters. The van der Waals surface area contributed by atoms with Crippen LogP contribution >= 0.6 is 0 Å². The van der Waals surface area contributed by atoms with Gasteiger partial charge in [-0.1, -0.05) is 18.6 Å². The van der Waals surface area contributed by atoms with Crippen LogP contribution < -0.4 is 4.90 Å². The molecule has 1 heterocycles. The van der Waals surface area contributed by atoms with Gasteiger partial charge in [0.2, 0.25) is 0 Å². The summed E-state index contributed by atoms with van der Waals surface area (Å²) >= 11 is 0. The minimum atomic E-state index is -0.0511. The molecule has 3 rings (SSSR count). The first-order valence-corrected chi connectivity index (χ1v) is 7.94. The molecule has 3 nitrogen and oxygen atoms in total. The van der Waals surface area contributed by atoms with Crippen molar-refractivity contribution in [1.82, 2.24) is 4.90 Å². The Morgan fingerprint density at radius 2 is 1.95 bits per heavy atom. The number of rotatable bonds is 3. The van der Waals surface area contributed by atoms with E-state index in [4.69, 9.17) is 0 Å². The molecule has 1 saturated carbocycles. The van der Waals surface area contributed by atoms with Crippen molar-refractivity contribution in [3.8, 4) is 0 Å². The van der Waals surface area contributed by atoms with Gasteiger partial charge >= 0.3 is 0 Å². The Kier molecular flexibility index (Phi) is 4.27. The predicted octanol–water partition coefficient (Wildman–Crippen LogP) is 2.28. The van der Waals surface area contributed by atoms with Gasteiger partial charge < -0.3 is 10.0 Å². The van der Waals surface area contributed by atoms with Crippen molar-refractivity contribution in [1.29, 1.82) is 0 Å². The molecule has 0 radical (unpaired) electrons. The fourth-order valence-corrected chi connectivity index (χ4v) is 3.58. The smallest absolute Gasteiger partial charge is 0.0580 e. The van der Waals surface area contributed by atoms with Crippen LogP contribution in [0.2, 0.25) is 0 Å². The molecule has 2 atom stereocenters. The monoisotopic (exact) mass is 274 g/mol. The first-order chi connectivity index (χ1) is 9.72. The van der Waals surface area contributed by atoms with E-state index < -0.39 is 0 Å². The van der Waals surface area contributed by atoms with Gasteiger partial charge in [0, 0.05) is 38.4 Å².